The molecule has 1 unspecified atom stereocenters. The first kappa shape index (κ1) is 14.8. The van der Waals surface area contributed by atoms with E-state index in [4.69, 9.17) is 0 Å². The molecule has 1 heterocycles. The molecule has 1 N–H and O–H groups in total. The summed E-state index contributed by atoms with van der Waals surface area (Å²) in [5.74, 6) is 1.35. The maximum absolute atomic E-state index is 11.9. The van der Waals surface area contributed by atoms with E-state index in [1.54, 1.807) is 25.7 Å². The Bertz CT molecular complexity index is 357. The van der Waals surface area contributed by atoms with Gasteiger partial charge in [-0.25, -0.2) is 8.42 Å². The molecule has 1 atom stereocenters. The van der Waals surface area contributed by atoms with Gasteiger partial charge in [-0.15, -0.1) is 0 Å². The lowest BCUT2D eigenvalue weighted by atomic mass is 10.3. The molecular weight excluding hydrogens is 260 g/mol. The maximum Gasteiger partial charge on any atom is 0.224 e. The van der Waals surface area contributed by atoms with Gasteiger partial charge in [-0.1, -0.05) is 6.92 Å². The van der Waals surface area contributed by atoms with Crippen LogP contribution in [0.25, 0.3) is 0 Å². The number of thioether (sulfide) groups is 1. The molecule has 100 valence electrons. The van der Waals surface area contributed by atoms with Crippen LogP contribution in [0.3, 0.4) is 0 Å². The van der Waals surface area contributed by atoms with Crippen LogP contribution in [0.4, 0.5) is 0 Å². The molecule has 0 aromatic heterocycles. The van der Waals surface area contributed by atoms with Crippen molar-refractivity contribution in [3.63, 3.8) is 0 Å². The first-order valence-electron chi connectivity index (χ1n) is 5.76. The number of carbonyl (C=O) groups is 1. The van der Waals surface area contributed by atoms with Crippen LogP contribution in [-0.2, 0) is 14.6 Å². The molecule has 0 bridgehead atoms. The molecule has 0 aliphatic carbocycles. The highest BCUT2D eigenvalue weighted by Gasteiger charge is 2.35. The van der Waals surface area contributed by atoms with Crippen LogP contribution in [0.5, 0.6) is 0 Å². The van der Waals surface area contributed by atoms with Gasteiger partial charge in [-0.2, -0.15) is 11.8 Å². The largest absolute Gasteiger partial charge is 0.324 e. The van der Waals surface area contributed by atoms with Gasteiger partial charge < -0.3 is 10.2 Å². The van der Waals surface area contributed by atoms with Gasteiger partial charge in [-0.3, -0.25) is 4.79 Å². The SMILES string of the molecule is CCS(=O)(=O)C1CSCCN1C(=O)CCNC. The predicted molar refractivity (Wildman–Crippen MR) is 70.8 cm³/mol. The van der Waals surface area contributed by atoms with Gasteiger partial charge in [0.2, 0.25) is 5.91 Å². The monoisotopic (exact) mass is 280 g/mol. The Morgan fingerprint density at radius 1 is 1.53 bits per heavy atom. The summed E-state index contributed by atoms with van der Waals surface area (Å²) in [6.07, 6.45) is 0.358. The maximum atomic E-state index is 11.9. The van der Waals surface area contributed by atoms with E-state index in [0.29, 0.717) is 25.3 Å². The van der Waals surface area contributed by atoms with E-state index < -0.39 is 15.2 Å². The zero-order valence-electron chi connectivity index (χ0n) is 10.3. The molecule has 1 aliphatic heterocycles. The molecule has 7 heteroatoms. The molecule has 0 aromatic carbocycles. The average molecular weight is 280 g/mol. The number of hydrogen-bond acceptors (Lipinski definition) is 5. The van der Waals surface area contributed by atoms with Gasteiger partial charge in [0.25, 0.3) is 0 Å². The second kappa shape index (κ2) is 6.61. The van der Waals surface area contributed by atoms with E-state index >= 15 is 0 Å². The van der Waals surface area contributed by atoms with Gasteiger partial charge in [0.05, 0.1) is 0 Å². The van der Waals surface area contributed by atoms with Crippen LogP contribution < -0.4 is 5.32 Å². The van der Waals surface area contributed by atoms with E-state index in [0.717, 1.165) is 5.75 Å². The fourth-order valence-corrected chi connectivity index (χ4v) is 4.72. The topological polar surface area (TPSA) is 66.5 Å². The molecule has 1 rings (SSSR count). The second-order valence-electron chi connectivity index (χ2n) is 3.92. The smallest absolute Gasteiger partial charge is 0.224 e. The third-order valence-electron chi connectivity index (χ3n) is 2.81. The molecule has 5 nitrogen and oxygen atoms in total. The van der Waals surface area contributed by atoms with Crippen LogP contribution in [-0.4, -0.2) is 62.0 Å². The minimum atomic E-state index is -3.18. The molecule has 0 spiro atoms. The molecule has 0 aromatic rings. The highest BCUT2D eigenvalue weighted by atomic mass is 32.2. The lowest BCUT2D eigenvalue weighted by molar-refractivity contribution is -0.131. The zero-order chi connectivity index (χ0) is 12.9. The second-order valence-corrected chi connectivity index (χ2v) is 7.52. The van der Waals surface area contributed by atoms with Crippen molar-refractivity contribution >= 4 is 27.5 Å². The average Bonchev–Trinajstić information content (AvgIpc) is 2.36. The van der Waals surface area contributed by atoms with E-state index in [1.807, 2.05) is 0 Å². The minimum absolute atomic E-state index is 0.0679. The summed E-state index contributed by atoms with van der Waals surface area (Å²) >= 11 is 1.60. The molecule has 1 fully saturated rings. The summed E-state index contributed by atoms with van der Waals surface area (Å²) in [7, 11) is -1.40. The summed E-state index contributed by atoms with van der Waals surface area (Å²) in [5, 5.41) is 2.27. The molecule has 0 radical (unpaired) electrons. The van der Waals surface area contributed by atoms with Gasteiger partial charge in [0.1, 0.15) is 5.37 Å². The Morgan fingerprint density at radius 3 is 2.82 bits per heavy atom. The zero-order valence-corrected chi connectivity index (χ0v) is 11.9. The van der Waals surface area contributed by atoms with Crippen molar-refractivity contribution in [2.75, 3.05) is 37.4 Å². The third-order valence-corrected chi connectivity index (χ3v) is 6.10. The Hall–Kier alpha value is -0.270. The Kier molecular flexibility index (Phi) is 5.75. The quantitative estimate of drug-likeness (QED) is 0.764. The third kappa shape index (κ3) is 3.86. The summed E-state index contributed by atoms with van der Waals surface area (Å²) in [5.41, 5.74) is 0. The molecule has 17 heavy (non-hydrogen) atoms. The van der Waals surface area contributed by atoms with Crippen molar-refractivity contribution in [3.8, 4) is 0 Å². The molecule has 1 aliphatic rings. The number of carbonyl (C=O) groups excluding carboxylic acids is 1. The highest BCUT2D eigenvalue weighted by Crippen LogP contribution is 2.21. The van der Waals surface area contributed by atoms with Gasteiger partial charge in [0.15, 0.2) is 9.84 Å². The number of nitrogens with zero attached hydrogens (tertiary/aromatic N) is 1. The Labute approximate surface area is 107 Å². The first-order valence-corrected chi connectivity index (χ1v) is 8.63. The van der Waals surface area contributed by atoms with Gasteiger partial charge >= 0.3 is 0 Å². The van der Waals surface area contributed by atoms with Crippen molar-refractivity contribution in [1.29, 1.82) is 0 Å². The highest BCUT2D eigenvalue weighted by molar-refractivity contribution is 8.01. The Balaban J connectivity index is 2.76. The lowest BCUT2D eigenvalue weighted by Crippen LogP contribution is -2.51. The summed E-state index contributed by atoms with van der Waals surface area (Å²) in [6, 6.07) is 0. The number of nitrogens with one attached hydrogen (secondary N) is 1. The van der Waals surface area contributed by atoms with E-state index in [9.17, 15) is 13.2 Å². The van der Waals surface area contributed by atoms with Crippen LogP contribution in [0.1, 0.15) is 13.3 Å². The lowest BCUT2D eigenvalue weighted by Gasteiger charge is -2.34. The van der Waals surface area contributed by atoms with E-state index in [1.165, 1.54) is 4.90 Å². The van der Waals surface area contributed by atoms with Crippen molar-refractivity contribution in [3.05, 3.63) is 0 Å². The van der Waals surface area contributed by atoms with Gasteiger partial charge in [0, 0.05) is 36.8 Å². The summed E-state index contributed by atoms with van der Waals surface area (Å²) < 4.78 is 23.8. The number of sulfone groups is 1. The minimum Gasteiger partial charge on any atom is -0.324 e. The van der Waals surface area contributed by atoms with Crippen molar-refractivity contribution < 1.29 is 13.2 Å². The van der Waals surface area contributed by atoms with Crippen molar-refractivity contribution in [1.82, 2.24) is 10.2 Å². The van der Waals surface area contributed by atoms with Crippen molar-refractivity contribution in [2.24, 2.45) is 0 Å². The van der Waals surface area contributed by atoms with Crippen LogP contribution in [0, 0.1) is 0 Å². The molecule has 1 saturated heterocycles. The Morgan fingerprint density at radius 2 is 2.24 bits per heavy atom. The van der Waals surface area contributed by atoms with E-state index in [2.05, 4.69) is 5.32 Å². The standard InChI is InChI=1S/C10H20N2O3S2/c1-3-17(14,15)10-8-16-7-6-12(10)9(13)4-5-11-2/h10-11H,3-8H2,1-2H3. The first-order chi connectivity index (χ1) is 8.03. The summed E-state index contributed by atoms with van der Waals surface area (Å²) in [6.45, 7) is 2.75. The fourth-order valence-electron chi connectivity index (χ4n) is 1.73. The molecular formula is C10H20N2O3S2. The number of amides is 1. The van der Waals surface area contributed by atoms with E-state index in [-0.39, 0.29) is 11.7 Å². The molecule has 1 amide bonds. The normalized spacial score (nSPS) is 21.5. The number of rotatable bonds is 5. The summed E-state index contributed by atoms with van der Waals surface area (Å²) in [4.78, 5) is 13.5. The molecule has 0 saturated carbocycles. The predicted octanol–water partition coefficient (Wildman–Crippen LogP) is -0.0679. The number of hydrogen-bond donors (Lipinski definition) is 1. The van der Waals surface area contributed by atoms with Crippen molar-refractivity contribution in [2.45, 2.75) is 18.7 Å². The van der Waals surface area contributed by atoms with Crippen LogP contribution in [0.2, 0.25) is 0 Å². The van der Waals surface area contributed by atoms with Gasteiger partial charge in [-0.05, 0) is 7.05 Å². The van der Waals surface area contributed by atoms with Crippen LogP contribution >= 0.6 is 11.8 Å². The fraction of sp³-hybridized carbons (Fsp3) is 0.900. The van der Waals surface area contributed by atoms with Crippen LogP contribution in [0.15, 0.2) is 0 Å².